The van der Waals surface area contributed by atoms with Crippen LogP contribution in [0.3, 0.4) is 0 Å². The fourth-order valence-electron chi connectivity index (χ4n) is 4.52. The smallest absolute Gasteiger partial charge is 0.332 e. The van der Waals surface area contributed by atoms with Crippen molar-refractivity contribution in [1.82, 2.24) is 9.80 Å². The van der Waals surface area contributed by atoms with Gasteiger partial charge in [0.2, 0.25) is 0 Å². The van der Waals surface area contributed by atoms with Gasteiger partial charge in [-0.05, 0) is 63.7 Å². The van der Waals surface area contributed by atoms with Gasteiger partial charge in [-0.1, -0.05) is 0 Å². The lowest BCUT2D eigenvalue weighted by Gasteiger charge is -2.45. The molecule has 0 aromatic carbocycles. The number of hydrogen-bond donors (Lipinski definition) is 0. The Kier molecular flexibility index (Phi) is 3.90. The molecular weight excluding hydrogens is 268 g/mol. The summed E-state index contributed by atoms with van der Waals surface area (Å²) in [5.74, 6) is 1.07. The third kappa shape index (κ3) is 2.96. The number of carbonyl (C=O) groups is 1. The first kappa shape index (κ1) is 14.0. The Bertz CT molecular complexity index is 387. The molecule has 0 unspecified atom stereocenters. The number of carbonyl (C=O) groups excluding carboxylic acids is 1. The van der Waals surface area contributed by atoms with E-state index in [-0.39, 0.29) is 24.8 Å². The zero-order valence-corrected chi connectivity index (χ0v) is 12.7. The van der Waals surface area contributed by atoms with Crippen molar-refractivity contribution < 1.29 is 14.3 Å². The Morgan fingerprint density at radius 1 is 0.857 bits per heavy atom. The van der Waals surface area contributed by atoms with Crippen molar-refractivity contribution in [2.24, 2.45) is 11.8 Å². The summed E-state index contributed by atoms with van der Waals surface area (Å²) in [5, 5.41) is 0. The molecule has 0 amide bonds. The fourth-order valence-corrected chi connectivity index (χ4v) is 4.52. The number of ether oxygens (including phenoxy) is 2. The van der Waals surface area contributed by atoms with Crippen LogP contribution in [0.4, 0.5) is 0 Å². The van der Waals surface area contributed by atoms with Crippen LogP contribution in [-0.2, 0) is 14.3 Å². The molecule has 21 heavy (non-hydrogen) atoms. The van der Waals surface area contributed by atoms with Gasteiger partial charge in [-0.25, -0.2) is 4.79 Å². The number of esters is 1. The third-order valence-corrected chi connectivity index (χ3v) is 5.89. The summed E-state index contributed by atoms with van der Waals surface area (Å²) in [4.78, 5) is 16.9. The van der Waals surface area contributed by atoms with Gasteiger partial charge in [0.25, 0.3) is 0 Å². The van der Waals surface area contributed by atoms with E-state index in [1.165, 1.54) is 51.9 Å². The van der Waals surface area contributed by atoms with Crippen molar-refractivity contribution in [2.75, 3.05) is 45.9 Å². The number of nitrogens with zero attached hydrogens (tertiary/aromatic N) is 2. The van der Waals surface area contributed by atoms with Gasteiger partial charge < -0.3 is 14.4 Å². The summed E-state index contributed by atoms with van der Waals surface area (Å²) in [7, 11) is 0. The molecule has 6 heterocycles. The maximum absolute atomic E-state index is 12.1. The van der Waals surface area contributed by atoms with Crippen LogP contribution in [0.25, 0.3) is 0 Å². The second-order valence-electron chi connectivity index (χ2n) is 7.15. The number of hydrogen-bond acceptors (Lipinski definition) is 5. The van der Waals surface area contributed by atoms with Gasteiger partial charge in [0.15, 0.2) is 0 Å². The monoisotopic (exact) mass is 294 g/mol. The van der Waals surface area contributed by atoms with Gasteiger partial charge >= 0.3 is 5.97 Å². The maximum atomic E-state index is 12.1. The summed E-state index contributed by atoms with van der Waals surface area (Å²) in [5.41, 5.74) is 0. The van der Waals surface area contributed by atoms with Crippen molar-refractivity contribution >= 4 is 5.97 Å². The average Bonchev–Trinajstić information content (AvgIpc) is 2.55. The van der Waals surface area contributed by atoms with E-state index in [9.17, 15) is 4.79 Å². The topological polar surface area (TPSA) is 42.0 Å². The normalized spacial score (nSPS) is 44.8. The van der Waals surface area contributed by atoms with Crippen molar-refractivity contribution in [2.45, 2.75) is 37.9 Å². The highest BCUT2D eigenvalue weighted by Crippen LogP contribution is 2.31. The molecule has 6 fully saturated rings. The molecule has 5 heteroatoms. The Hall–Kier alpha value is -0.650. The minimum absolute atomic E-state index is 0.107. The fraction of sp³-hybridized carbons (Fsp3) is 0.938. The summed E-state index contributed by atoms with van der Waals surface area (Å²) in [6.45, 7) is 6.82. The van der Waals surface area contributed by atoms with E-state index < -0.39 is 0 Å². The Morgan fingerprint density at radius 2 is 1.38 bits per heavy atom. The summed E-state index contributed by atoms with van der Waals surface area (Å²) in [6.07, 6.45) is 5.15. The third-order valence-electron chi connectivity index (χ3n) is 5.89. The molecule has 4 bridgehead atoms. The Morgan fingerprint density at radius 3 is 1.86 bits per heavy atom. The zero-order chi connectivity index (χ0) is 14.2. The Balaban J connectivity index is 1.23. The highest BCUT2D eigenvalue weighted by molar-refractivity contribution is 5.71. The van der Waals surface area contributed by atoms with E-state index in [0.717, 1.165) is 13.1 Å². The van der Waals surface area contributed by atoms with Crippen LogP contribution in [0.15, 0.2) is 0 Å². The van der Waals surface area contributed by atoms with Gasteiger partial charge in [-0.2, -0.15) is 0 Å². The molecular formula is C16H26N2O3. The highest BCUT2D eigenvalue weighted by atomic mass is 16.6. The first-order valence-electron chi connectivity index (χ1n) is 8.54. The van der Waals surface area contributed by atoms with Crippen LogP contribution in [-0.4, -0.2) is 73.9 Å². The van der Waals surface area contributed by atoms with Crippen LogP contribution in [0.2, 0.25) is 0 Å². The van der Waals surface area contributed by atoms with E-state index in [1.54, 1.807) is 0 Å². The van der Waals surface area contributed by atoms with E-state index in [1.807, 2.05) is 0 Å². The second kappa shape index (κ2) is 5.86. The van der Waals surface area contributed by atoms with E-state index in [2.05, 4.69) is 9.80 Å². The van der Waals surface area contributed by atoms with Crippen LogP contribution >= 0.6 is 0 Å². The quantitative estimate of drug-likeness (QED) is 0.715. The molecule has 0 radical (unpaired) electrons. The number of piperidine rings is 6. The SMILES string of the molecule is O=C(CO[C@H]1CN2CCC1CC2)O[C@H]1CN2CCC1CC2. The molecule has 2 atom stereocenters. The molecule has 0 aromatic rings. The predicted molar refractivity (Wildman–Crippen MR) is 77.9 cm³/mol. The molecule has 118 valence electrons. The first-order valence-corrected chi connectivity index (χ1v) is 8.54. The molecule has 5 nitrogen and oxygen atoms in total. The van der Waals surface area contributed by atoms with Crippen molar-refractivity contribution in [1.29, 1.82) is 0 Å². The van der Waals surface area contributed by atoms with Gasteiger partial charge in [0, 0.05) is 13.1 Å². The van der Waals surface area contributed by atoms with Crippen LogP contribution < -0.4 is 0 Å². The van der Waals surface area contributed by atoms with Gasteiger partial charge in [-0.3, -0.25) is 4.90 Å². The molecule has 6 aliphatic rings. The maximum Gasteiger partial charge on any atom is 0.332 e. The van der Waals surface area contributed by atoms with Crippen LogP contribution in [0, 0.1) is 11.8 Å². The predicted octanol–water partition coefficient (Wildman–Crippen LogP) is 0.735. The lowest BCUT2D eigenvalue weighted by Crippen LogP contribution is -2.53. The van der Waals surface area contributed by atoms with Crippen molar-refractivity contribution in [3.63, 3.8) is 0 Å². The van der Waals surface area contributed by atoms with Gasteiger partial charge in [-0.15, -0.1) is 0 Å². The molecule has 0 saturated carbocycles. The zero-order valence-electron chi connectivity index (χ0n) is 12.7. The standard InChI is InChI=1S/C16H26N2O3/c19-16(21-15-10-18-7-3-13(15)4-8-18)11-20-14-9-17-5-1-12(14)2-6-17/h12-15H,1-11H2/t14-,15-/m0/s1. The molecule has 0 spiro atoms. The van der Waals surface area contributed by atoms with E-state index in [0.29, 0.717) is 11.8 Å². The van der Waals surface area contributed by atoms with Crippen molar-refractivity contribution in [3.05, 3.63) is 0 Å². The summed E-state index contributed by atoms with van der Waals surface area (Å²) >= 11 is 0. The first-order chi connectivity index (χ1) is 10.3. The molecule has 0 aliphatic carbocycles. The molecule has 6 saturated heterocycles. The second-order valence-corrected chi connectivity index (χ2v) is 7.15. The minimum Gasteiger partial charge on any atom is -0.459 e. The minimum atomic E-state index is -0.162. The molecule has 6 aliphatic heterocycles. The van der Waals surface area contributed by atoms with Gasteiger partial charge in [0.1, 0.15) is 12.7 Å². The molecule has 0 aromatic heterocycles. The van der Waals surface area contributed by atoms with Crippen LogP contribution in [0.1, 0.15) is 25.7 Å². The van der Waals surface area contributed by atoms with E-state index in [4.69, 9.17) is 9.47 Å². The Labute approximate surface area is 126 Å². The molecule has 0 N–H and O–H groups in total. The highest BCUT2D eigenvalue weighted by Gasteiger charge is 2.37. The largest absolute Gasteiger partial charge is 0.459 e. The summed E-state index contributed by atoms with van der Waals surface area (Å²) < 4.78 is 11.5. The average molecular weight is 294 g/mol. The van der Waals surface area contributed by atoms with Crippen LogP contribution in [0.5, 0.6) is 0 Å². The lowest BCUT2D eigenvalue weighted by atomic mass is 9.86. The van der Waals surface area contributed by atoms with Crippen molar-refractivity contribution in [3.8, 4) is 0 Å². The summed E-state index contributed by atoms with van der Waals surface area (Å²) in [6, 6.07) is 0. The molecule has 6 rings (SSSR count). The van der Waals surface area contributed by atoms with E-state index >= 15 is 0 Å². The lowest BCUT2D eigenvalue weighted by molar-refractivity contribution is -0.169. The number of rotatable bonds is 4. The number of fused-ring (bicyclic) bond motifs is 6. The van der Waals surface area contributed by atoms with Gasteiger partial charge in [0.05, 0.1) is 6.10 Å².